The lowest BCUT2D eigenvalue weighted by atomic mass is 10.0. The number of halogens is 1. The molecule has 198 valence electrons. The third-order valence-electron chi connectivity index (χ3n) is 6.54. The molecule has 0 aliphatic carbocycles. The van der Waals surface area contributed by atoms with Gasteiger partial charge in [-0.15, -0.1) is 5.10 Å². The molecule has 39 heavy (non-hydrogen) atoms. The van der Waals surface area contributed by atoms with Crippen LogP contribution < -0.4 is 10.1 Å². The molecule has 0 radical (unpaired) electrons. The van der Waals surface area contributed by atoms with Crippen LogP contribution in [0.5, 0.6) is 11.5 Å². The summed E-state index contributed by atoms with van der Waals surface area (Å²) in [6.07, 6.45) is 7.73. The van der Waals surface area contributed by atoms with Gasteiger partial charge in [0.15, 0.2) is 0 Å². The van der Waals surface area contributed by atoms with Gasteiger partial charge in [-0.2, -0.15) is 0 Å². The largest absolute Gasteiger partial charge is 0.457 e. The second kappa shape index (κ2) is 11.7. The summed E-state index contributed by atoms with van der Waals surface area (Å²) in [5, 5.41) is 10.6. The van der Waals surface area contributed by atoms with Gasteiger partial charge in [0.05, 0.1) is 6.20 Å². The average molecular weight is 526 g/mol. The first-order valence-electron chi connectivity index (χ1n) is 12.7. The van der Waals surface area contributed by atoms with E-state index in [4.69, 9.17) is 4.74 Å². The molecule has 2 heterocycles. The smallest absolute Gasteiger partial charge is 0.247 e. The molecular formula is C30H28FN5O3. The monoisotopic (exact) mass is 525 g/mol. The molecule has 1 aliphatic heterocycles. The minimum Gasteiger partial charge on any atom is -0.457 e. The Balaban J connectivity index is 1.27. The number of benzene rings is 3. The molecule has 0 saturated carbocycles. The van der Waals surface area contributed by atoms with E-state index in [0.717, 1.165) is 5.56 Å². The maximum absolute atomic E-state index is 13.4. The molecule has 1 fully saturated rings. The summed E-state index contributed by atoms with van der Waals surface area (Å²) < 4.78 is 20.3. The molecule has 3 aromatic carbocycles. The lowest BCUT2D eigenvalue weighted by Gasteiger charge is -2.24. The van der Waals surface area contributed by atoms with Crippen molar-refractivity contribution in [3.8, 4) is 11.5 Å². The first-order chi connectivity index (χ1) is 18.9. The van der Waals surface area contributed by atoms with Gasteiger partial charge < -0.3 is 15.0 Å². The fraction of sp³-hybridized carbons (Fsp3) is 0.200. The summed E-state index contributed by atoms with van der Waals surface area (Å²) in [5.74, 6) is 0.273. The number of ether oxygens (including phenoxy) is 1. The molecule has 4 aromatic rings. The van der Waals surface area contributed by atoms with E-state index in [-0.39, 0.29) is 30.1 Å². The first kappa shape index (κ1) is 25.8. The summed E-state index contributed by atoms with van der Waals surface area (Å²) in [7, 11) is 0. The van der Waals surface area contributed by atoms with Crippen molar-refractivity contribution in [2.75, 3.05) is 11.9 Å². The van der Waals surface area contributed by atoms with Crippen molar-refractivity contribution in [2.45, 2.75) is 25.9 Å². The molecule has 2 unspecified atom stereocenters. The standard InChI is InChI=1S/C30H28FN5O3/c1-21-2-4-22(5-3-21)6-7-23-18-28(36(19-23)29(37)20-35-17-16-32-34-35)30(38)33-25-10-14-27(15-11-25)39-26-12-8-24(31)9-13-26/h2-17,23,28H,18-20H2,1H3,(H,33,38). The van der Waals surface area contributed by atoms with Gasteiger partial charge in [-0.1, -0.05) is 47.2 Å². The molecule has 1 aliphatic rings. The number of aryl methyl sites for hydroxylation is 1. The number of carbonyl (C=O) groups excluding carboxylic acids is 2. The quantitative estimate of drug-likeness (QED) is 0.346. The third-order valence-corrected chi connectivity index (χ3v) is 6.54. The van der Waals surface area contributed by atoms with Crippen LogP contribution >= 0.6 is 0 Å². The normalized spacial score (nSPS) is 16.9. The zero-order valence-electron chi connectivity index (χ0n) is 21.4. The van der Waals surface area contributed by atoms with Crippen LogP contribution in [0.15, 0.2) is 91.3 Å². The average Bonchev–Trinajstić information content (AvgIpc) is 3.61. The van der Waals surface area contributed by atoms with Gasteiger partial charge in [-0.3, -0.25) is 9.59 Å². The van der Waals surface area contributed by atoms with E-state index in [0.29, 0.717) is 30.2 Å². The van der Waals surface area contributed by atoms with Crippen molar-refractivity contribution in [1.29, 1.82) is 0 Å². The Hall–Kier alpha value is -4.79. The topological polar surface area (TPSA) is 89.4 Å². The van der Waals surface area contributed by atoms with Crippen molar-refractivity contribution in [3.05, 3.63) is 108 Å². The highest BCUT2D eigenvalue weighted by atomic mass is 19.1. The minimum absolute atomic E-state index is 0.00754. The van der Waals surface area contributed by atoms with Gasteiger partial charge in [-0.05, 0) is 73.4 Å². The van der Waals surface area contributed by atoms with Crippen LogP contribution in [-0.2, 0) is 16.1 Å². The maximum atomic E-state index is 13.4. The number of aromatic nitrogens is 3. The van der Waals surface area contributed by atoms with Crippen LogP contribution in [-0.4, -0.2) is 44.3 Å². The number of hydrogen-bond acceptors (Lipinski definition) is 5. The molecule has 1 saturated heterocycles. The molecule has 1 aromatic heterocycles. The fourth-order valence-electron chi connectivity index (χ4n) is 4.47. The Morgan fingerprint density at radius 1 is 1.03 bits per heavy atom. The van der Waals surface area contributed by atoms with E-state index in [1.807, 2.05) is 25.1 Å². The van der Waals surface area contributed by atoms with Gasteiger partial charge >= 0.3 is 0 Å². The molecule has 0 bridgehead atoms. The second-order valence-corrected chi connectivity index (χ2v) is 9.50. The SMILES string of the molecule is Cc1ccc(C=CC2CC(C(=O)Nc3ccc(Oc4ccc(F)cc4)cc3)N(C(=O)Cn3ccnn3)C2)cc1. The first-order valence-corrected chi connectivity index (χ1v) is 12.7. The molecule has 0 spiro atoms. The summed E-state index contributed by atoms with van der Waals surface area (Å²) in [4.78, 5) is 28.2. The Labute approximate surface area is 225 Å². The highest BCUT2D eigenvalue weighted by Gasteiger charge is 2.38. The zero-order valence-corrected chi connectivity index (χ0v) is 21.4. The van der Waals surface area contributed by atoms with Crippen LogP contribution in [0, 0.1) is 18.7 Å². The highest BCUT2D eigenvalue weighted by molar-refractivity contribution is 5.97. The number of likely N-dealkylation sites (tertiary alicyclic amines) is 1. The highest BCUT2D eigenvalue weighted by Crippen LogP contribution is 2.28. The van der Waals surface area contributed by atoms with E-state index in [2.05, 4.69) is 33.8 Å². The van der Waals surface area contributed by atoms with E-state index < -0.39 is 6.04 Å². The van der Waals surface area contributed by atoms with Crippen LogP contribution in [0.3, 0.4) is 0 Å². The number of carbonyl (C=O) groups is 2. The number of amides is 2. The van der Waals surface area contributed by atoms with E-state index in [1.165, 1.54) is 28.6 Å². The van der Waals surface area contributed by atoms with Crippen LogP contribution in [0.2, 0.25) is 0 Å². The summed E-state index contributed by atoms with van der Waals surface area (Å²) in [5.41, 5.74) is 2.83. The number of nitrogens with zero attached hydrogens (tertiary/aromatic N) is 4. The van der Waals surface area contributed by atoms with Gasteiger partial charge in [0, 0.05) is 18.4 Å². The van der Waals surface area contributed by atoms with Crippen molar-refractivity contribution in [2.24, 2.45) is 5.92 Å². The predicted molar refractivity (Wildman–Crippen MR) is 145 cm³/mol. The molecule has 5 rings (SSSR count). The van der Waals surface area contributed by atoms with Gasteiger partial charge in [0.1, 0.15) is 29.9 Å². The molecule has 8 nitrogen and oxygen atoms in total. The molecule has 1 N–H and O–H groups in total. The van der Waals surface area contributed by atoms with Crippen molar-refractivity contribution in [3.63, 3.8) is 0 Å². The molecule has 9 heteroatoms. The fourth-order valence-corrected chi connectivity index (χ4v) is 4.47. The predicted octanol–water partition coefficient (Wildman–Crippen LogP) is 5.09. The number of hydrogen-bond donors (Lipinski definition) is 1. The van der Waals surface area contributed by atoms with Crippen LogP contribution in [0.4, 0.5) is 10.1 Å². The van der Waals surface area contributed by atoms with Gasteiger partial charge in [0.2, 0.25) is 11.8 Å². The summed E-state index contributed by atoms with van der Waals surface area (Å²) >= 11 is 0. The summed E-state index contributed by atoms with van der Waals surface area (Å²) in [6.45, 7) is 2.48. The minimum atomic E-state index is -0.635. The summed E-state index contributed by atoms with van der Waals surface area (Å²) in [6, 6.07) is 20.2. The zero-order chi connectivity index (χ0) is 27.2. The maximum Gasteiger partial charge on any atom is 0.247 e. The molecule has 2 atom stereocenters. The number of nitrogens with one attached hydrogen (secondary N) is 1. The third kappa shape index (κ3) is 6.75. The number of anilines is 1. The lowest BCUT2D eigenvalue weighted by molar-refractivity contribution is -0.137. The Kier molecular flexibility index (Phi) is 7.77. The van der Waals surface area contributed by atoms with Gasteiger partial charge in [0.25, 0.3) is 0 Å². The second-order valence-electron chi connectivity index (χ2n) is 9.50. The lowest BCUT2D eigenvalue weighted by Crippen LogP contribution is -2.44. The van der Waals surface area contributed by atoms with E-state index in [1.54, 1.807) is 47.5 Å². The molecule has 2 amide bonds. The van der Waals surface area contributed by atoms with Gasteiger partial charge in [-0.25, -0.2) is 9.07 Å². The number of rotatable bonds is 8. The Morgan fingerprint density at radius 2 is 1.72 bits per heavy atom. The Bertz CT molecular complexity index is 1440. The van der Waals surface area contributed by atoms with Crippen LogP contribution in [0.1, 0.15) is 17.5 Å². The van der Waals surface area contributed by atoms with E-state index >= 15 is 0 Å². The van der Waals surface area contributed by atoms with Crippen molar-refractivity contribution in [1.82, 2.24) is 19.9 Å². The van der Waals surface area contributed by atoms with Crippen molar-refractivity contribution < 1.29 is 18.7 Å². The Morgan fingerprint density at radius 3 is 2.38 bits per heavy atom. The molecular weight excluding hydrogens is 497 g/mol. The van der Waals surface area contributed by atoms with E-state index in [9.17, 15) is 14.0 Å². The van der Waals surface area contributed by atoms with Crippen molar-refractivity contribution >= 4 is 23.6 Å². The van der Waals surface area contributed by atoms with Crippen LogP contribution in [0.25, 0.3) is 6.08 Å².